The second-order valence-corrected chi connectivity index (χ2v) is 10.3. The van der Waals surface area contributed by atoms with E-state index in [0.717, 1.165) is 22.7 Å². The summed E-state index contributed by atoms with van der Waals surface area (Å²) >= 11 is 0. The summed E-state index contributed by atoms with van der Waals surface area (Å²) in [5, 5.41) is 1.25. The smallest absolute Gasteiger partial charge is 0.131 e. The van der Waals surface area contributed by atoms with Crippen LogP contribution >= 0.6 is 0 Å². The van der Waals surface area contributed by atoms with Gasteiger partial charge in [0.2, 0.25) is 0 Å². The lowest BCUT2D eigenvalue weighted by Crippen LogP contribution is -2.09. The normalized spacial score (nSPS) is 11.4. The average molecular weight is 526 g/mol. The first-order valence-electron chi connectivity index (χ1n) is 14.0. The van der Waals surface area contributed by atoms with Crippen molar-refractivity contribution in [3.05, 3.63) is 164 Å². The third kappa shape index (κ3) is 3.75. The van der Waals surface area contributed by atoms with Crippen molar-refractivity contribution in [3.63, 3.8) is 0 Å². The van der Waals surface area contributed by atoms with Crippen molar-refractivity contribution in [2.45, 2.75) is 0 Å². The molecule has 0 radical (unpaired) electrons. The van der Waals surface area contributed by atoms with Crippen molar-refractivity contribution in [2.24, 2.45) is 0 Å². The zero-order valence-corrected chi connectivity index (χ0v) is 22.4. The summed E-state index contributed by atoms with van der Waals surface area (Å²) in [7, 11) is 0. The van der Waals surface area contributed by atoms with Crippen LogP contribution in [0.15, 0.2) is 164 Å². The fraction of sp³-hybridized carbons (Fsp3) is 0. The van der Waals surface area contributed by atoms with E-state index in [4.69, 9.17) is 0 Å². The van der Waals surface area contributed by atoms with Gasteiger partial charge >= 0.3 is 0 Å². The van der Waals surface area contributed by atoms with E-state index in [1.807, 2.05) is 0 Å². The molecule has 0 bridgehead atoms. The molecule has 3 nitrogen and oxygen atoms in total. The molecule has 0 unspecified atom stereocenters. The van der Waals surface area contributed by atoms with E-state index >= 15 is 0 Å². The first kappa shape index (κ1) is 23.4. The number of para-hydroxylation sites is 5. The lowest BCUT2D eigenvalue weighted by molar-refractivity contribution is 1.14. The lowest BCUT2D eigenvalue weighted by Gasteiger charge is -2.25. The molecule has 0 spiro atoms. The van der Waals surface area contributed by atoms with Crippen LogP contribution in [0.25, 0.3) is 44.4 Å². The molecule has 0 fully saturated rings. The van der Waals surface area contributed by atoms with E-state index in [1.54, 1.807) is 0 Å². The van der Waals surface area contributed by atoms with Gasteiger partial charge < -0.3 is 4.90 Å². The van der Waals surface area contributed by atoms with Gasteiger partial charge in [-0.15, -0.1) is 0 Å². The molecule has 8 rings (SSSR count). The Kier molecular flexibility index (Phi) is 5.46. The highest BCUT2D eigenvalue weighted by Crippen LogP contribution is 2.41. The number of hydrogen-bond acceptors (Lipinski definition) is 1. The Morgan fingerprint density at radius 1 is 0.390 bits per heavy atom. The molecular formula is C38H27N3. The third-order valence-corrected chi connectivity index (χ3v) is 7.88. The first-order valence-corrected chi connectivity index (χ1v) is 14.0. The van der Waals surface area contributed by atoms with Gasteiger partial charge in [0, 0.05) is 33.7 Å². The predicted octanol–water partition coefficient (Wildman–Crippen LogP) is 10.2. The third-order valence-electron chi connectivity index (χ3n) is 7.88. The number of imidazole rings is 1. The molecule has 0 aliphatic carbocycles. The largest absolute Gasteiger partial charge is 0.311 e. The van der Waals surface area contributed by atoms with E-state index in [0.29, 0.717) is 0 Å². The minimum atomic E-state index is 1.11. The van der Waals surface area contributed by atoms with E-state index in [2.05, 4.69) is 178 Å². The summed E-state index contributed by atoms with van der Waals surface area (Å²) in [5.41, 5.74) is 11.7. The molecule has 0 saturated heterocycles. The summed E-state index contributed by atoms with van der Waals surface area (Å²) in [4.78, 5) is 2.30. The molecule has 2 heterocycles. The number of fused-ring (bicyclic) bond motifs is 5. The maximum atomic E-state index is 2.42. The second kappa shape index (κ2) is 9.58. The summed E-state index contributed by atoms with van der Waals surface area (Å²) < 4.78 is 4.83. The van der Waals surface area contributed by atoms with Crippen LogP contribution in [-0.2, 0) is 0 Å². The number of benzene rings is 6. The fourth-order valence-corrected chi connectivity index (χ4v) is 6.14. The van der Waals surface area contributed by atoms with Crippen molar-refractivity contribution in [1.82, 2.24) is 8.97 Å². The van der Waals surface area contributed by atoms with Crippen LogP contribution in [0.5, 0.6) is 0 Å². The minimum absolute atomic E-state index is 1.11. The number of rotatable bonds is 5. The fourth-order valence-electron chi connectivity index (χ4n) is 6.14. The van der Waals surface area contributed by atoms with Crippen LogP contribution in [0.4, 0.5) is 17.1 Å². The monoisotopic (exact) mass is 525 g/mol. The van der Waals surface area contributed by atoms with Gasteiger partial charge in [-0.25, -0.2) is 0 Å². The summed E-state index contributed by atoms with van der Waals surface area (Å²) in [5.74, 6) is 0. The van der Waals surface area contributed by atoms with Crippen LogP contribution in [0.2, 0.25) is 0 Å². The lowest BCUT2D eigenvalue weighted by atomic mass is 10.0. The van der Waals surface area contributed by atoms with E-state index in [9.17, 15) is 0 Å². The number of anilines is 3. The zero-order chi connectivity index (χ0) is 27.2. The van der Waals surface area contributed by atoms with Crippen molar-refractivity contribution < 1.29 is 0 Å². The van der Waals surface area contributed by atoms with Crippen molar-refractivity contribution >= 4 is 44.6 Å². The molecule has 6 aromatic carbocycles. The van der Waals surface area contributed by atoms with E-state index in [1.165, 1.54) is 38.7 Å². The van der Waals surface area contributed by atoms with Crippen LogP contribution in [0.1, 0.15) is 0 Å². The Hall–Kier alpha value is -5.54. The maximum Gasteiger partial charge on any atom is 0.131 e. The Morgan fingerprint density at radius 3 is 1.51 bits per heavy atom. The molecule has 3 heteroatoms. The van der Waals surface area contributed by atoms with Crippen molar-refractivity contribution in [3.8, 4) is 16.8 Å². The molecule has 194 valence electrons. The number of hydrogen-bond donors (Lipinski definition) is 0. The summed E-state index contributed by atoms with van der Waals surface area (Å²) in [6.45, 7) is 0. The van der Waals surface area contributed by atoms with Gasteiger partial charge in [0.15, 0.2) is 0 Å². The summed E-state index contributed by atoms with van der Waals surface area (Å²) in [6.07, 6.45) is 0. The van der Waals surface area contributed by atoms with Gasteiger partial charge in [0.25, 0.3) is 0 Å². The maximum absolute atomic E-state index is 2.42. The van der Waals surface area contributed by atoms with Crippen LogP contribution in [-0.4, -0.2) is 8.97 Å². The van der Waals surface area contributed by atoms with Gasteiger partial charge in [-0.3, -0.25) is 8.97 Å². The molecular weight excluding hydrogens is 498 g/mol. The Balaban J connectivity index is 1.38. The topological polar surface area (TPSA) is 12.6 Å². The molecule has 0 N–H and O–H groups in total. The molecule has 0 saturated carbocycles. The van der Waals surface area contributed by atoms with Gasteiger partial charge in [0.1, 0.15) is 5.65 Å². The standard InChI is InChI=1S/C38H27N3/c1-4-14-28(15-5-1)37-33-20-10-11-21-34(33)41-36-23-13-12-22-35(36)40(38(37)41)32-26-24-31(25-27-32)39(29-16-6-2-7-17-29)30-18-8-3-9-19-30/h1-27H. The molecule has 0 amide bonds. The Bertz CT molecular complexity index is 2080. The van der Waals surface area contributed by atoms with Gasteiger partial charge in [-0.05, 0) is 72.3 Å². The highest BCUT2D eigenvalue weighted by Gasteiger charge is 2.22. The molecule has 0 aliphatic rings. The average Bonchev–Trinajstić information content (AvgIpc) is 3.56. The number of nitrogens with zero attached hydrogens (tertiary/aromatic N) is 3. The quantitative estimate of drug-likeness (QED) is 0.218. The zero-order valence-electron chi connectivity index (χ0n) is 22.4. The highest BCUT2D eigenvalue weighted by molar-refractivity contribution is 6.09. The molecule has 41 heavy (non-hydrogen) atoms. The van der Waals surface area contributed by atoms with Crippen molar-refractivity contribution in [1.29, 1.82) is 0 Å². The molecule has 0 atom stereocenters. The van der Waals surface area contributed by atoms with Gasteiger partial charge in [0.05, 0.1) is 16.6 Å². The summed E-state index contributed by atoms with van der Waals surface area (Å²) in [6, 6.07) is 58.2. The highest BCUT2D eigenvalue weighted by atomic mass is 15.2. The van der Waals surface area contributed by atoms with Gasteiger partial charge in [-0.2, -0.15) is 0 Å². The van der Waals surface area contributed by atoms with Gasteiger partial charge in [-0.1, -0.05) is 97.1 Å². The minimum Gasteiger partial charge on any atom is -0.311 e. The van der Waals surface area contributed by atoms with E-state index in [-0.39, 0.29) is 0 Å². The Labute approximate surface area is 238 Å². The molecule has 8 aromatic rings. The van der Waals surface area contributed by atoms with Crippen LogP contribution in [0, 0.1) is 0 Å². The Morgan fingerprint density at radius 2 is 0.878 bits per heavy atom. The van der Waals surface area contributed by atoms with E-state index < -0.39 is 0 Å². The van der Waals surface area contributed by atoms with Crippen molar-refractivity contribution in [2.75, 3.05) is 4.90 Å². The predicted molar refractivity (Wildman–Crippen MR) is 172 cm³/mol. The molecule has 2 aromatic heterocycles. The molecule has 0 aliphatic heterocycles. The van der Waals surface area contributed by atoms with Crippen LogP contribution < -0.4 is 4.90 Å². The van der Waals surface area contributed by atoms with Crippen LogP contribution in [0.3, 0.4) is 0 Å². The SMILES string of the molecule is c1ccc(-c2c3ccccc3n3c4ccccc4n(-c4ccc(N(c5ccccc5)c5ccccc5)cc4)c23)cc1. The number of aromatic nitrogens is 2. The first-order chi connectivity index (χ1) is 20.4. The second-order valence-electron chi connectivity index (χ2n) is 10.3.